The lowest BCUT2D eigenvalue weighted by atomic mass is 10.0. The zero-order valence-corrected chi connectivity index (χ0v) is 9.68. The van der Waals surface area contributed by atoms with Gasteiger partial charge in [-0.1, -0.05) is 36.4 Å². The van der Waals surface area contributed by atoms with Gasteiger partial charge in [0.15, 0.2) is 0 Å². The average Bonchev–Trinajstić information content (AvgIpc) is 2.37. The van der Waals surface area contributed by atoms with Gasteiger partial charge in [-0.05, 0) is 23.8 Å². The third kappa shape index (κ3) is 2.45. The Balaban J connectivity index is 2.38. The van der Waals surface area contributed by atoms with Crippen LogP contribution in [0.5, 0.6) is 0 Å². The van der Waals surface area contributed by atoms with Gasteiger partial charge in [0.2, 0.25) is 0 Å². The van der Waals surface area contributed by atoms with E-state index in [1.165, 1.54) is 0 Å². The molecule has 0 spiro atoms. The first-order valence-electron chi connectivity index (χ1n) is 5.62. The van der Waals surface area contributed by atoms with E-state index in [4.69, 9.17) is 5.11 Å². The second-order valence-electron chi connectivity index (χ2n) is 4.08. The van der Waals surface area contributed by atoms with E-state index in [9.17, 15) is 4.79 Å². The molecule has 3 nitrogen and oxygen atoms in total. The number of aliphatic hydroxyl groups excluding tert-OH is 1. The largest absolute Gasteiger partial charge is 0.394 e. The molecule has 3 heteroatoms. The Morgan fingerprint density at radius 3 is 2.71 bits per heavy atom. The summed E-state index contributed by atoms with van der Waals surface area (Å²) in [6.45, 7) is 1.71. The summed E-state index contributed by atoms with van der Waals surface area (Å²) in [6, 6.07) is 13.1. The van der Waals surface area contributed by atoms with Crippen LogP contribution < -0.4 is 5.32 Å². The van der Waals surface area contributed by atoms with Crippen molar-refractivity contribution >= 4 is 16.7 Å². The van der Waals surface area contributed by atoms with E-state index in [1.807, 2.05) is 36.4 Å². The molecule has 0 aliphatic heterocycles. The van der Waals surface area contributed by atoms with Gasteiger partial charge in [0, 0.05) is 11.6 Å². The van der Waals surface area contributed by atoms with Crippen molar-refractivity contribution in [2.75, 3.05) is 6.61 Å². The maximum atomic E-state index is 12.0. The highest BCUT2D eigenvalue weighted by Gasteiger charge is 2.11. The molecule has 0 saturated heterocycles. The van der Waals surface area contributed by atoms with E-state index >= 15 is 0 Å². The predicted octanol–water partition coefficient (Wildman–Crippen LogP) is 1.95. The van der Waals surface area contributed by atoms with Gasteiger partial charge in [0.25, 0.3) is 5.91 Å². The van der Waals surface area contributed by atoms with Gasteiger partial charge < -0.3 is 10.4 Å². The number of benzene rings is 2. The number of rotatable bonds is 3. The molecular formula is C14H15NO2. The van der Waals surface area contributed by atoms with Gasteiger partial charge in [-0.25, -0.2) is 0 Å². The molecule has 1 amide bonds. The van der Waals surface area contributed by atoms with Crippen molar-refractivity contribution in [3.63, 3.8) is 0 Å². The number of nitrogens with one attached hydrogen (secondary N) is 1. The van der Waals surface area contributed by atoms with Crippen molar-refractivity contribution in [3.05, 3.63) is 48.0 Å². The van der Waals surface area contributed by atoms with Crippen LogP contribution in [0.15, 0.2) is 42.5 Å². The zero-order valence-electron chi connectivity index (χ0n) is 9.68. The first-order valence-corrected chi connectivity index (χ1v) is 5.62. The highest BCUT2D eigenvalue weighted by molar-refractivity contribution is 6.07. The molecular weight excluding hydrogens is 214 g/mol. The predicted molar refractivity (Wildman–Crippen MR) is 68.0 cm³/mol. The molecule has 0 fully saturated rings. The first kappa shape index (κ1) is 11.6. The Labute approximate surface area is 100 Å². The minimum absolute atomic E-state index is 0.0590. The van der Waals surface area contributed by atoms with Crippen molar-refractivity contribution in [2.45, 2.75) is 13.0 Å². The molecule has 1 atom stereocenters. The molecule has 0 aliphatic carbocycles. The standard InChI is InChI=1S/C14H15NO2/c1-10(9-16)15-14(17)13-8-4-6-11-5-2-3-7-12(11)13/h2-8,10,16H,9H2,1H3,(H,15,17)/t10-/m1/s1. The Bertz CT molecular complexity index is 531. The third-order valence-electron chi connectivity index (χ3n) is 2.69. The fraction of sp³-hybridized carbons (Fsp3) is 0.214. The van der Waals surface area contributed by atoms with Crippen molar-refractivity contribution < 1.29 is 9.90 Å². The second kappa shape index (κ2) is 4.97. The molecule has 0 bridgehead atoms. The number of hydrogen-bond donors (Lipinski definition) is 2. The maximum absolute atomic E-state index is 12.0. The molecule has 88 valence electrons. The van der Waals surface area contributed by atoms with Gasteiger partial charge in [0.05, 0.1) is 6.61 Å². The average molecular weight is 229 g/mol. The van der Waals surface area contributed by atoms with Crippen molar-refractivity contribution in [1.82, 2.24) is 5.32 Å². The van der Waals surface area contributed by atoms with Gasteiger partial charge in [-0.15, -0.1) is 0 Å². The molecule has 0 aromatic heterocycles. The summed E-state index contributed by atoms with van der Waals surface area (Å²) < 4.78 is 0. The van der Waals surface area contributed by atoms with Gasteiger partial charge in [0.1, 0.15) is 0 Å². The van der Waals surface area contributed by atoms with Crippen molar-refractivity contribution in [3.8, 4) is 0 Å². The number of carbonyl (C=O) groups excluding carboxylic acids is 1. The van der Waals surface area contributed by atoms with E-state index in [-0.39, 0.29) is 18.6 Å². The van der Waals surface area contributed by atoms with Crippen molar-refractivity contribution in [1.29, 1.82) is 0 Å². The van der Waals surface area contributed by atoms with Crippen LogP contribution in [0.4, 0.5) is 0 Å². The highest BCUT2D eigenvalue weighted by atomic mass is 16.3. The molecule has 0 unspecified atom stereocenters. The number of fused-ring (bicyclic) bond motifs is 1. The number of aliphatic hydroxyl groups is 1. The summed E-state index contributed by atoms with van der Waals surface area (Å²) in [7, 11) is 0. The van der Waals surface area contributed by atoms with Crippen LogP contribution in [0.25, 0.3) is 10.8 Å². The molecule has 2 rings (SSSR count). The summed E-state index contributed by atoms with van der Waals surface area (Å²) in [5.74, 6) is -0.150. The van der Waals surface area contributed by atoms with Gasteiger partial charge in [-0.3, -0.25) is 4.79 Å². The SMILES string of the molecule is C[C@H](CO)NC(=O)c1cccc2ccccc12. The van der Waals surface area contributed by atoms with Crippen LogP contribution in [0.2, 0.25) is 0 Å². The quantitative estimate of drug-likeness (QED) is 0.845. The summed E-state index contributed by atoms with van der Waals surface area (Å²) in [5.41, 5.74) is 0.642. The summed E-state index contributed by atoms with van der Waals surface area (Å²) in [5, 5.41) is 13.6. The fourth-order valence-corrected chi connectivity index (χ4v) is 1.77. The smallest absolute Gasteiger partial charge is 0.252 e. The molecule has 0 heterocycles. The fourth-order valence-electron chi connectivity index (χ4n) is 1.77. The second-order valence-corrected chi connectivity index (χ2v) is 4.08. The van der Waals surface area contributed by atoms with Gasteiger partial charge >= 0.3 is 0 Å². The lowest BCUT2D eigenvalue weighted by molar-refractivity contribution is 0.0924. The van der Waals surface area contributed by atoms with E-state index < -0.39 is 0 Å². The minimum atomic E-state index is -0.235. The third-order valence-corrected chi connectivity index (χ3v) is 2.69. The summed E-state index contributed by atoms with van der Waals surface area (Å²) in [4.78, 5) is 12.0. The van der Waals surface area contributed by atoms with Crippen LogP contribution in [-0.2, 0) is 0 Å². The molecule has 17 heavy (non-hydrogen) atoms. The van der Waals surface area contributed by atoms with Crippen LogP contribution in [-0.4, -0.2) is 23.7 Å². The van der Waals surface area contributed by atoms with Crippen LogP contribution >= 0.6 is 0 Å². The number of amides is 1. The Hall–Kier alpha value is -1.87. The van der Waals surface area contributed by atoms with E-state index in [0.29, 0.717) is 5.56 Å². The first-order chi connectivity index (χ1) is 8.22. The summed E-state index contributed by atoms with van der Waals surface area (Å²) >= 11 is 0. The molecule has 0 aliphatic rings. The maximum Gasteiger partial charge on any atom is 0.252 e. The van der Waals surface area contributed by atoms with Gasteiger partial charge in [-0.2, -0.15) is 0 Å². The van der Waals surface area contributed by atoms with E-state index in [0.717, 1.165) is 10.8 Å². The topological polar surface area (TPSA) is 49.3 Å². The number of hydrogen-bond acceptors (Lipinski definition) is 2. The zero-order chi connectivity index (χ0) is 12.3. The molecule has 2 aromatic rings. The van der Waals surface area contributed by atoms with E-state index in [2.05, 4.69) is 5.32 Å². The van der Waals surface area contributed by atoms with Crippen LogP contribution in [0, 0.1) is 0 Å². The molecule has 0 radical (unpaired) electrons. The Kier molecular flexibility index (Phi) is 3.40. The lowest BCUT2D eigenvalue weighted by Gasteiger charge is -2.12. The Morgan fingerprint density at radius 2 is 1.94 bits per heavy atom. The monoisotopic (exact) mass is 229 g/mol. The van der Waals surface area contributed by atoms with Crippen molar-refractivity contribution in [2.24, 2.45) is 0 Å². The van der Waals surface area contributed by atoms with Crippen LogP contribution in [0.1, 0.15) is 17.3 Å². The minimum Gasteiger partial charge on any atom is -0.394 e. The highest BCUT2D eigenvalue weighted by Crippen LogP contribution is 2.18. The molecule has 2 N–H and O–H groups in total. The normalized spacial score (nSPS) is 12.4. The molecule has 2 aromatic carbocycles. The number of carbonyl (C=O) groups is 1. The van der Waals surface area contributed by atoms with E-state index in [1.54, 1.807) is 13.0 Å². The Morgan fingerprint density at radius 1 is 1.24 bits per heavy atom. The molecule has 0 saturated carbocycles. The van der Waals surface area contributed by atoms with Crippen LogP contribution in [0.3, 0.4) is 0 Å². The summed E-state index contributed by atoms with van der Waals surface area (Å²) in [6.07, 6.45) is 0. The lowest BCUT2D eigenvalue weighted by Crippen LogP contribution is -2.35.